The number of hydrogen-bond acceptors (Lipinski definition) is 4. The summed E-state index contributed by atoms with van der Waals surface area (Å²) in [5.41, 5.74) is 7.29. The molecule has 0 saturated heterocycles. The second-order valence-electron chi connectivity index (χ2n) is 6.82. The molecule has 1 aliphatic rings. The minimum Gasteiger partial charge on any atom is -0.463 e. The summed E-state index contributed by atoms with van der Waals surface area (Å²) in [7, 11) is 2.13. The summed E-state index contributed by atoms with van der Waals surface area (Å²) in [4.78, 5) is 16.2. The van der Waals surface area contributed by atoms with Crippen LogP contribution in [0.25, 0.3) is 0 Å². The summed E-state index contributed by atoms with van der Waals surface area (Å²) < 4.78 is 5.04. The zero-order chi connectivity index (χ0) is 18.7. The van der Waals surface area contributed by atoms with E-state index in [1.807, 2.05) is 13.1 Å². The Morgan fingerprint density at radius 1 is 1.04 bits per heavy atom. The van der Waals surface area contributed by atoms with Crippen LogP contribution < -0.4 is 9.80 Å². The van der Waals surface area contributed by atoms with Gasteiger partial charge in [0.25, 0.3) is 0 Å². The maximum absolute atomic E-state index is 11.8. The minimum absolute atomic E-state index is 0.315. The van der Waals surface area contributed by atoms with Gasteiger partial charge in [-0.05, 0) is 44.0 Å². The number of carbonyl (C=O) groups excluding carboxylic acids is 1. The first-order valence-corrected chi connectivity index (χ1v) is 8.99. The summed E-state index contributed by atoms with van der Waals surface area (Å²) in [5, 5.41) is 0. The molecule has 0 aliphatic carbocycles. The van der Waals surface area contributed by atoms with Crippen LogP contribution in [-0.4, -0.2) is 19.6 Å². The Bertz CT molecular complexity index is 842. The molecule has 2 aromatic rings. The standard InChI is InChI=1S/C22H26N2O2/c1-5-26-22(25)10-11-24-15-19-13-16(2)6-8-20(19)23(4)14-18-12-17(3)7-9-21(18)24/h6-13H,5,14-15H2,1-4H3/b11-10+. The topological polar surface area (TPSA) is 32.8 Å². The highest BCUT2D eigenvalue weighted by Crippen LogP contribution is 2.33. The van der Waals surface area contributed by atoms with Gasteiger partial charge in [0, 0.05) is 43.8 Å². The highest BCUT2D eigenvalue weighted by molar-refractivity contribution is 5.82. The Morgan fingerprint density at radius 3 is 2.31 bits per heavy atom. The van der Waals surface area contributed by atoms with Crippen molar-refractivity contribution in [3.63, 3.8) is 0 Å². The fourth-order valence-corrected chi connectivity index (χ4v) is 3.42. The number of carbonyl (C=O) groups is 1. The van der Waals surface area contributed by atoms with Crippen LogP contribution >= 0.6 is 0 Å². The van der Waals surface area contributed by atoms with E-state index in [0.717, 1.165) is 12.2 Å². The third-order valence-electron chi connectivity index (χ3n) is 4.62. The molecular weight excluding hydrogens is 324 g/mol. The van der Waals surface area contributed by atoms with E-state index < -0.39 is 0 Å². The van der Waals surface area contributed by atoms with E-state index >= 15 is 0 Å². The van der Waals surface area contributed by atoms with Crippen LogP contribution in [-0.2, 0) is 22.6 Å². The van der Waals surface area contributed by atoms with Crippen molar-refractivity contribution >= 4 is 17.3 Å². The van der Waals surface area contributed by atoms with Crippen molar-refractivity contribution in [3.8, 4) is 0 Å². The van der Waals surface area contributed by atoms with Crippen LogP contribution in [0.4, 0.5) is 11.4 Å². The third-order valence-corrected chi connectivity index (χ3v) is 4.62. The normalized spacial score (nSPS) is 13.8. The smallest absolute Gasteiger partial charge is 0.332 e. The van der Waals surface area contributed by atoms with Crippen molar-refractivity contribution in [3.05, 3.63) is 70.9 Å². The summed E-state index contributed by atoms with van der Waals surface area (Å²) in [5.74, 6) is -0.315. The molecule has 0 saturated carbocycles. The van der Waals surface area contributed by atoms with Gasteiger partial charge in [-0.15, -0.1) is 0 Å². The molecule has 0 N–H and O–H groups in total. The molecule has 0 radical (unpaired) electrons. The molecule has 0 bridgehead atoms. The van der Waals surface area contributed by atoms with E-state index in [1.165, 1.54) is 34.0 Å². The van der Waals surface area contributed by atoms with Crippen LogP contribution in [0.1, 0.15) is 29.2 Å². The fraction of sp³-hybridized carbons (Fsp3) is 0.318. The van der Waals surface area contributed by atoms with Gasteiger partial charge in [0.1, 0.15) is 0 Å². The molecule has 26 heavy (non-hydrogen) atoms. The van der Waals surface area contributed by atoms with Gasteiger partial charge in [0.2, 0.25) is 0 Å². The molecule has 1 aliphatic heterocycles. The zero-order valence-electron chi connectivity index (χ0n) is 16.0. The molecular formula is C22H26N2O2. The van der Waals surface area contributed by atoms with E-state index in [4.69, 9.17) is 4.74 Å². The number of nitrogens with zero attached hydrogens (tertiary/aromatic N) is 2. The van der Waals surface area contributed by atoms with Gasteiger partial charge in [-0.3, -0.25) is 0 Å². The molecule has 0 spiro atoms. The number of anilines is 2. The summed E-state index contributed by atoms with van der Waals surface area (Å²) in [6.07, 6.45) is 3.34. The molecule has 136 valence electrons. The summed E-state index contributed by atoms with van der Waals surface area (Å²) in [6, 6.07) is 13.0. The molecule has 0 aromatic heterocycles. The monoisotopic (exact) mass is 350 g/mol. The fourth-order valence-electron chi connectivity index (χ4n) is 3.42. The van der Waals surface area contributed by atoms with Crippen molar-refractivity contribution in [1.29, 1.82) is 0 Å². The number of esters is 1. The number of rotatable bonds is 3. The predicted molar refractivity (Wildman–Crippen MR) is 106 cm³/mol. The lowest BCUT2D eigenvalue weighted by Crippen LogP contribution is -2.27. The van der Waals surface area contributed by atoms with Gasteiger partial charge in [0.15, 0.2) is 0 Å². The number of ether oxygens (including phenoxy) is 1. The highest BCUT2D eigenvalue weighted by atomic mass is 16.5. The Morgan fingerprint density at radius 2 is 1.65 bits per heavy atom. The van der Waals surface area contributed by atoms with Crippen LogP contribution in [0.2, 0.25) is 0 Å². The van der Waals surface area contributed by atoms with E-state index in [0.29, 0.717) is 13.2 Å². The molecule has 4 nitrogen and oxygen atoms in total. The van der Waals surface area contributed by atoms with Crippen molar-refractivity contribution in [2.75, 3.05) is 23.5 Å². The summed E-state index contributed by atoms with van der Waals surface area (Å²) in [6.45, 7) is 7.93. The van der Waals surface area contributed by atoms with Crippen molar-refractivity contribution < 1.29 is 9.53 Å². The van der Waals surface area contributed by atoms with Crippen molar-refractivity contribution in [2.24, 2.45) is 0 Å². The molecule has 0 unspecified atom stereocenters. The van der Waals surface area contributed by atoms with Gasteiger partial charge < -0.3 is 14.5 Å². The number of benzene rings is 2. The minimum atomic E-state index is -0.315. The van der Waals surface area contributed by atoms with E-state index in [-0.39, 0.29) is 5.97 Å². The van der Waals surface area contributed by atoms with Gasteiger partial charge in [-0.2, -0.15) is 0 Å². The first-order chi connectivity index (χ1) is 12.5. The van der Waals surface area contributed by atoms with E-state index in [9.17, 15) is 4.79 Å². The van der Waals surface area contributed by atoms with Gasteiger partial charge in [0.05, 0.1) is 6.61 Å². The van der Waals surface area contributed by atoms with Gasteiger partial charge in [-0.25, -0.2) is 4.79 Å². The predicted octanol–water partition coefficient (Wildman–Crippen LogP) is 4.34. The average molecular weight is 350 g/mol. The zero-order valence-corrected chi connectivity index (χ0v) is 16.0. The van der Waals surface area contributed by atoms with Crippen LogP contribution in [0.5, 0.6) is 0 Å². The first kappa shape index (κ1) is 18.1. The Balaban J connectivity index is 2.05. The average Bonchev–Trinajstić information content (AvgIpc) is 2.58. The lowest BCUT2D eigenvalue weighted by molar-refractivity contribution is -0.137. The lowest BCUT2D eigenvalue weighted by Gasteiger charge is -2.32. The largest absolute Gasteiger partial charge is 0.463 e. The third kappa shape index (κ3) is 3.90. The quantitative estimate of drug-likeness (QED) is 0.609. The van der Waals surface area contributed by atoms with E-state index in [2.05, 4.69) is 67.1 Å². The number of aryl methyl sites for hydroxylation is 2. The van der Waals surface area contributed by atoms with Crippen molar-refractivity contribution in [2.45, 2.75) is 33.9 Å². The Hall–Kier alpha value is -2.75. The highest BCUT2D eigenvalue weighted by Gasteiger charge is 2.19. The number of hydrogen-bond donors (Lipinski definition) is 0. The van der Waals surface area contributed by atoms with Gasteiger partial charge in [-0.1, -0.05) is 35.4 Å². The molecule has 0 atom stereocenters. The van der Waals surface area contributed by atoms with Crippen molar-refractivity contribution in [1.82, 2.24) is 0 Å². The Labute approximate surface area is 155 Å². The summed E-state index contributed by atoms with van der Waals surface area (Å²) >= 11 is 0. The first-order valence-electron chi connectivity index (χ1n) is 8.99. The van der Waals surface area contributed by atoms with E-state index in [1.54, 1.807) is 0 Å². The molecule has 1 heterocycles. The van der Waals surface area contributed by atoms with Crippen LogP contribution in [0.15, 0.2) is 48.7 Å². The van der Waals surface area contributed by atoms with Gasteiger partial charge >= 0.3 is 5.97 Å². The maximum atomic E-state index is 11.8. The van der Waals surface area contributed by atoms with Crippen LogP contribution in [0.3, 0.4) is 0 Å². The molecule has 0 amide bonds. The second-order valence-corrected chi connectivity index (χ2v) is 6.82. The SMILES string of the molecule is CCOC(=O)/C=C/N1Cc2cc(C)ccc2N(C)Cc2cc(C)ccc21. The molecule has 2 aromatic carbocycles. The Kier molecular flexibility index (Phi) is 5.31. The molecule has 0 fully saturated rings. The second kappa shape index (κ2) is 7.65. The molecule has 3 rings (SSSR count). The van der Waals surface area contributed by atoms with Crippen LogP contribution in [0, 0.1) is 13.8 Å². The maximum Gasteiger partial charge on any atom is 0.332 e. The number of fused-ring (bicyclic) bond motifs is 2. The lowest BCUT2D eigenvalue weighted by atomic mass is 10.0. The molecule has 4 heteroatoms.